The number of hydrogen-bond donors (Lipinski definition) is 5. The number of fused-ring (bicyclic) bond motifs is 4. The fourth-order valence-electron chi connectivity index (χ4n) is 8.16. The van der Waals surface area contributed by atoms with Crippen LogP contribution in [0.4, 0.5) is 5.13 Å². The number of thiazole rings is 1. The zero-order valence-corrected chi connectivity index (χ0v) is 29.7. The maximum Gasteiger partial charge on any atom is 0.316 e. The van der Waals surface area contributed by atoms with E-state index in [0.717, 1.165) is 87.0 Å². The van der Waals surface area contributed by atoms with Gasteiger partial charge in [-0.25, -0.2) is 4.98 Å². The van der Waals surface area contributed by atoms with Gasteiger partial charge in [0.05, 0.1) is 17.0 Å². The molecule has 270 valence electrons. The maximum atomic E-state index is 13.9. The van der Waals surface area contributed by atoms with Crippen LogP contribution in [0.5, 0.6) is 5.75 Å². The Balaban J connectivity index is 0.885. The molecule has 0 radical (unpaired) electrons. The number of piperidine rings is 3. The minimum atomic E-state index is -0.871. The molecule has 2 atom stereocenters. The summed E-state index contributed by atoms with van der Waals surface area (Å²) in [6.07, 6.45) is 9.67. The number of carbonyl (C=O) groups is 2. The van der Waals surface area contributed by atoms with Gasteiger partial charge in [0.25, 0.3) is 0 Å². The van der Waals surface area contributed by atoms with Crippen LogP contribution in [0.2, 0.25) is 0 Å². The van der Waals surface area contributed by atoms with Gasteiger partial charge in [0.1, 0.15) is 11.9 Å². The number of nitrogens with zero attached hydrogens (tertiary/aromatic N) is 2. The monoisotopic (exact) mass is 713 g/mol. The average Bonchev–Trinajstić information content (AvgIpc) is 3.59. The first kappa shape index (κ1) is 35.3. The van der Waals surface area contributed by atoms with E-state index in [0.29, 0.717) is 46.9 Å². The van der Waals surface area contributed by atoms with E-state index in [9.17, 15) is 24.6 Å². The number of benzene rings is 2. The third-order valence-electron chi connectivity index (χ3n) is 11.0. The van der Waals surface area contributed by atoms with Gasteiger partial charge in [0.15, 0.2) is 5.13 Å². The Morgan fingerprint density at radius 2 is 1.92 bits per heavy atom. The maximum absolute atomic E-state index is 13.9. The number of aliphatic hydroxyl groups excluding tert-OH is 1. The molecule has 1 aliphatic carbocycles. The zero-order chi connectivity index (χ0) is 35.4. The molecule has 51 heavy (non-hydrogen) atoms. The number of amides is 1. The quantitative estimate of drug-likeness (QED) is 0.116. The van der Waals surface area contributed by atoms with Crippen molar-refractivity contribution in [1.29, 1.82) is 0 Å². The van der Waals surface area contributed by atoms with Gasteiger partial charge >= 0.3 is 5.97 Å². The molecule has 12 heteroatoms. The molecule has 1 amide bonds. The number of phenols is 1. The molecule has 0 spiro atoms. The molecule has 4 fully saturated rings. The number of esters is 1. The first-order chi connectivity index (χ1) is 24.8. The average molecular weight is 714 g/mol. The van der Waals surface area contributed by atoms with Crippen molar-refractivity contribution in [1.82, 2.24) is 20.2 Å². The lowest BCUT2D eigenvalue weighted by atomic mass is 9.69. The van der Waals surface area contributed by atoms with Crippen molar-refractivity contribution in [2.45, 2.75) is 88.4 Å². The first-order valence-electron chi connectivity index (χ1n) is 18.3. The summed E-state index contributed by atoms with van der Waals surface area (Å²) in [6, 6.07) is 14.4. The van der Waals surface area contributed by atoms with E-state index in [1.807, 2.05) is 6.07 Å². The van der Waals surface area contributed by atoms with E-state index < -0.39 is 11.5 Å². The predicted molar refractivity (Wildman–Crippen MR) is 197 cm³/mol. The van der Waals surface area contributed by atoms with Crippen molar-refractivity contribution in [3.63, 3.8) is 0 Å². The molecule has 5 N–H and O–H groups in total. The Hall–Kier alpha value is -4.10. The summed E-state index contributed by atoms with van der Waals surface area (Å²) in [5.74, 6) is 0.285. The van der Waals surface area contributed by atoms with Gasteiger partial charge in [-0.1, -0.05) is 49.6 Å². The molecule has 8 rings (SSSR count). The predicted octanol–water partition coefficient (Wildman–Crippen LogP) is 5.31. The van der Waals surface area contributed by atoms with Crippen LogP contribution in [-0.2, 0) is 32.7 Å². The van der Waals surface area contributed by atoms with Gasteiger partial charge in [-0.05, 0) is 86.4 Å². The lowest BCUT2D eigenvalue weighted by Crippen LogP contribution is -2.53. The van der Waals surface area contributed by atoms with Crippen LogP contribution in [0, 0.1) is 5.92 Å². The summed E-state index contributed by atoms with van der Waals surface area (Å²) in [4.78, 5) is 48.7. The lowest BCUT2D eigenvalue weighted by Gasteiger charge is -2.45. The second-order valence-corrected chi connectivity index (χ2v) is 15.5. The largest absolute Gasteiger partial charge is 0.506 e. The summed E-state index contributed by atoms with van der Waals surface area (Å²) in [5.41, 5.74) is 2.14. The second kappa shape index (κ2) is 15.6. The van der Waals surface area contributed by atoms with E-state index >= 15 is 0 Å². The Kier molecular flexibility index (Phi) is 10.8. The number of hydrogen-bond acceptors (Lipinski definition) is 10. The van der Waals surface area contributed by atoms with Gasteiger partial charge < -0.3 is 30.6 Å². The highest BCUT2D eigenvalue weighted by Gasteiger charge is 2.46. The fraction of sp³-hybridized carbons (Fsp3) is 0.487. The second-order valence-electron chi connectivity index (χ2n) is 14.4. The van der Waals surface area contributed by atoms with Gasteiger partial charge in [0, 0.05) is 48.6 Å². The van der Waals surface area contributed by atoms with Crippen LogP contribution in [0.15, 0.2) is 59.5 Å². The molecule has 2 bridgehead atoms. The summed E-state index contributed by atoms with van der Waals surface area (Å²) in [5, 5.41) is 28.2. The number of aromatic hydroxyl groups is 1. The summed E-state index contributed by atoms with van der Waals surface area (Å²) in [7, 11) is 0. The van der Waals surface area contributed by atoms with Crippen molar-refractivity contribution in [2.24, 2.45) is 5.92 Å². The van der Waals surface area contributed by atoms with Gasteiger partial charge in [0.2, 0.25) is 11.5 Å². The number of phenolic OH excluding ortho intramolecular Hbond substituents is 1. The zero-order valence-electron chi connectivity index (χ0n) is 28.9. The Bertz CT molecular complexity index is 1910. The summed E-state index contributed by atoms with van der Waals surface area (Å²) in [6.45, 7) is 3.78. The molecule has 1 saturated carbocycles. The molecule has 3 aliphatic heterocycles. The smallest absolute Gasteiger partial charge is 0.316 e. The molecular formula is C39H47N5O6S. The van der Waals surface area contributed by atoms with E-state index in [1.165, 1.54) is 23.5 Å². The van der Waals surface area contributed by atoms with Crippen molar-refractivity contribution >= 4 is 39.2 Å². The third-order valence-corrected chi connectivity index (χ3v) is 11.9. The standard InChI is InChI=1S/C39H47N5O6S/c45-31-12-10-29(30-11-13-35(48)42-36(30)31)32(46)23-40-21-28-22-41-38(51-28)43-34(47)9-5-7-25-6-4-8-27(20-25)39(16-2-1-3-17-39)37(49)50-33-24-44-18-14-26(33)15-19-44/h4,6,8,10-13,20,22,26,32-33,40,45-46H,1-3,5,7,9,14-19,21,23-24H2,(H,42,48)(H,41,43,47)/t32-,33-/m0/s1. The normalized spacial score (nSPS) is 21.7. The number of aromatic nitrogens is 2. The van der Waals surface area contributed by atoms with Crippen molar-refractivity contribution in [3.8, 4) is 5.75 Å². The number of H-pyrrole nitrogens is 1. The first-order valence-corrected chi connectivity index (χ1v) is 19.1. The number of carbonyl (C=O) groups excluding carboxylic acids is 2. The lowest BCUT2D eigenvalue weighted by molar-refractivity contribution is -0.167. The van der Waals surface area contributed by atoms with Crippen LogP contribution < -0.4 is 16.2 Å². The summed E-state index contributed by atoms with van der Waals surface area (Å²) < 4.78 is 6.33. The molecule has 5 heterocycles. The Morgan fingerprint density at radius 3 is 2.71 bits per heavy atom. The van der Waals surface area contributed by atoms with Crippen molar-refractivity contribution in [2.75, 3.05) is 31.5 Å². The number of anilines is 1. The molecule has 4 aliphatic rings. The fourth-order valence-corrected chi connectivity index (χ4v) is 8.96. The van der Waals surface area contributed by atoms with Crippen molar-refractivity contribution in [3.05, 3.63) is 86.6 Å². The Morgan fingerprint density at radius 1 is 1.10 bits per heavy atom. The topological polar surface area (TPSA) is 157 Å². The van der Waals surface area contributed by atoms with Crippen LogP contribution in [0.25, 0.3) is 10.9 Å². The highest BCUT2D eigenvalue weighted by atomic mass is 32.1. The number of nitrogens with one attached hydrogen (secondary N) is 3. The number of aromatic amines is 1. The van der Waals surface area contributed by atoms with E-state index in [-0.39, 0.29) is 35.8 Å². The SMILES string of the molecule is O=C(CCCc1cccc(C2(C(=O)O[C@H]3CN4CCC3CC4)CCCCC2)c1)Nc1ncc(CNC[C@H](O)c2ccc(O)c3[nH]c(=O)ccc23)s1. The Labute approximate surface area is 301 Å². The minimum absolute atomic E-state index is 0.00561. The number of rotatable bonds is 13. The highest BCUT2D eigenvalue weighted by Crippen LogP contribution is 2.42. The third kappa shape index (κ3) is 8.04. The highest BCUT2D eigenvalue weighted by molar-refractivity contribution is 7.15. The van der Waals surface area contributed by atoms with Crippen molar-refractivity contribution < 1.29 is 24.5 Å². The van der Waals surface area contributed by atoms with Crippen LogP contribution >= 0.6 is 11.3 Å². The molecule has 11 nitrogen and oxygen atoms in total. The minimum Gasteiger partial charge on any atom is -0.506 e. The van der Waals surface area contributed by atoms with Gasteiger partial charge in [-0.15, -0.1) is 11.3 Å². The molecule has 2 aromatic carbocycles. The molecule has 4 aromatic rings. The van der Waals surface area contributed by atoms with Gasteiger partial charge in [-0.3, -0.25) is 19.3 Å². The van der Waals surface area contributed by atoms with E-state index in [4.69, 9.17) is 4.74 Å². The van der Waals surface area contributed by atoms with Crippen LogP contribution in [0.3, 0.4) is 0 Å². The molecule has 2 aromatic heterocycles. The number of aliphatic hydroxyl groups is 1. The van der Waals surface area contributed by atoms with Gasteiger partial charge in [-0.2, -0.15) is 0 Å². The van der Waals surface area contributed by atoms with Crippen LogP contribution in [0.1, 0.15) is 85.5 Å². The van der Waals surface area contributed by atoms with Crippen LogP contribution in [-0.4, -0.2) is 69.2 Å². The molecular weight excluding hydrogens is 667 g/mol. The summed E-state index contributed by atoms with van der Waals surface area (Å²) >= 11 is 1.37. The van der Waals surface area contributed by atoms with E-state index in [2.05, 4.69) is 43.7 Å². The molecule has 3 saturated heterocycles. The number of pyridine rings is 1. The molecule has 0 unspecified atom stereocenters. The number of aryl methyl sites for hydroxylation is 1. The number of ether oxygens (including phenoxy) is 1. The van der Waals surface area contributed by atoms with E-state index in [1.54, 1.807) is 18.3 Å².